The molecule has 45 heavy (non-hydrogen) atoms. The molecule has 2 aromatic heterocycles. The average molecular weight is 697 g/mol. The van der Waals surface area contributed by atoms with E-state index in [1.807, 2.05) is 54.3 Å². The number of ether oxygens (including phenoxy) is 1. The van der Waals surface area contributed by atoms with Gasteiger partial charge in [-0.1, -0.05) is 18.2 Å². The van der Waals surface area contributed by atoms with Crippen molar-refractivity contribution in [3.63, 3.8) is 0 Å². The third kappa shape index (κ3) is 11.0. The zero-order valence-corrected chi connectivity index (χ0v) is 28.0. The van der Waals surface area contributed by atoms with Crippen LogP contribution >= 0.6 is 37.2 Å². The van der Waals surface area contributed by atoms with Crippen molar-refractivity contribution >= 4 is 70.3 Å². The summed E-state index contributed by atoms with van der Waals surface area (Å²) in [6.45, 7) is 4.16. The van der Waals surface area contributed by atoms with Crippen molar-refractivity contribution in [2.24, 2.45) is 0 Å². The highest BCUT2D eigenvalue weighted by atomic mass is 35.5. The van der Waals surface area contributed by atoms with Gasteiger partial charge in [-0.3, -0.25) is 24.5 Å². The van der Waals surface area contributed by atoms with Crippen molar-refractivity contribution in [2.45, 2.75) is 32.4 Å². The normalized spacial score (nSPS) is 13.3. The summed E-state index contributed by atoms with van der Waals surface area (Å²) in [5.74, 6) is 0.860. The number of sulfonamides is 1. The van der Waals surface area contributed by atoms with Crippen LogP contribution in [-0.2, 0) is 16.6 Å². The lowest BCUT2D eigenvalue weighted by Gasteiger charge is -2.38. The Kier molecular flexibility index (Phi) is 14.3. The number of hydrogen-bond acceptors (Lipinski definition) is 8. The first-order valence-electron chi connectivity index (χ1n) is 13.6. The molecule has 0 aliphatic carbocycles. The minimum atomic E-state index is -3.34. The van der Waals surface area contributed by atoms with Gasteiger partial charge < -0.3 is 10.1 Å². The summed E-state index contributed by atoms with van der Waals surface area (Å²) in [4.78, 5) is 30.8. The number of amides is 2. The molecule has 4 aromatic rings. The first kappa shape index (κ1) is 37.5. The van der Waals surface area contributed by atoms with E-state index in [0.29, 0.717) is 29.5 Å². The molecule has 0 atom stereocenters. The van der Waals surface area contributed by atoms with E-state index in [2.05, 4.69) is 29.9 Å². The molecule has 1 aliphatic heterocycles. The number of carbonyl (C=O) groups is 1. The van der Waals surface area contributed by atoms with E-state index < -0.39 is 10.0 Å². The number of pyridine rings is 1. The van der Waals surface area contributed by atoms with Gasteiger partial charge in [0.25, 0.3) is 0 Å². The number of carbonyl (C=O) groups excluding carboxylic acids is 1. The molecule has 0 radical (unpaired) electrons. The summed E-state index contributed by atoms with van der Waals surface area (Å²) >= 11 is 0. The number of halogens is 3. The third-order valence-electron chi connectivity index (χ3n) is 6.79. The van der Waals surface area contributed by atoms with Crippen LogP contribution in [0.4, 0.5) is 21.9 Å². The first-order valence-corrected chi connectivity index (χ1v) is 15.5. The number of nitrogens with one attached hydrogen (secondary N) is 2. The Morgan fingerprint density at radius 2 is 1.56 bits per heavy atom. The van der Waals surface area contributed by atoms with Gasteiger partial charge in [-0.05, 0) is 68.3 Å². The fourth-order valence-electron chi connectivity index (χ4n) is 4.78. The predicted molar refractivity (Wildman–Crippen MR) is 184 cm³/mol. The van der Waals surface area contributed by atoms with Gasteiger partial charge in [-0.25, -0.2) is 18.2 Å². The minimum Gasteiger partial charge on any atom is -0.438 e. The van der Waals surface area contributed by atoms with E-state index in [0.717, 1.165) is 49.3 Å². The van der Waals surface area contributed by atoms with Gasteiger partial charge in [0.2, 0.25) is 15.9 Å². The molecular formula is C30H36Cl3N7O4S. The number of piperidine rings is 1. The number of nitrogens with zero attached hydrogens (tertiary/aromatic N) is 5. The highest BCUT2D eigenvalue weighted by Gasteiger charge is 2.29. The smallest absolute Gasteiger partial charge is 0.326 e. The monoisotopic (exact) mass is 695 g/mol. The second kappa shape index (κ2) is 17.1. The molecule has 2 N–H and O–H groups in total. The number of hydrogen-bond donors (Lipinski definition) is 2. The number of benzene rings is 2. The van der Waals surface area contributed by atoms with Crippen LogP contribution in [0.1, 0.15) is 24.2 Å². The van der Waals surface area contributed by atoms with Crippen LogP contribution in [0.5, 0.6) is 11.6 Å². The van der Waals surface area contributed by atoms with Crippen molar-refractivity contribution in [1.82, 2.24) is 19.9 Å². The summed E-state index contributed by atoms with van der Waals surface area (Å²) in [7, 11) is -3.34. The maximum atomic E-state index is 13.4. The molecular weight excluding hydrogens is 661 g/mol. The quantitative estimate of drug-likeness (QED) is 0.208. The predicted octanol–water partition coefficient (Wildman–Crippen LogP) is 6.31. The molecule has 11 nitrogen and oxygen atoms in total. The molecule has 2 aromatic carbocycles. The van der Waals surface area contributed by atoms with E-state index in [9.17, 15) is 13.2 Å². The summed E-state index contributed by atoms with van der Waals surface area (Å²) in [5.41, 5.74) is 3.68. The maximum absolute atomic E-state index is 13.4. The van der Waals surface area contributed by atoms with E-state index >= 15 is 0 Å². The van der Waals surface area contributed by atoms with Crippen molar-refractivity contribution in [2.75, 3.05) is 34.3 Å². The second-order valence-corrected chi connectivity index (χ2v) is 11.9. The van der Waals surface area contributed by atoms with Gasteiger partial charge in [0, 0.05) is 42.7 Å². The van der Waals surface area contributed by atoms with Gasteiger partial charge in [0.15, 0.2) is 0 Å². The molecule has 1 aliphatic rings. The van der Waals surface area contributed by atoms with Gasteiger partial charge in [0.1, 0.15) is 5.75 Å². The van der Waals surface area contributed by atoms with Gasteiger partial charge in [-0.2, -0.15) is 0 Å². The highest BCUT2D eigenvalue weighted by molar-refractivity contribution is 7.92. The molecule has 3 heterocycles. The fraction of sp³-hybridized carbons (Fsp3) is 0.267. The SMILES string of the molecule is Cc1ccc(NC(=O)N(c2ccccc2)C2CCN(Cc3cnc(Oc4ccc(NS(C)(=O)=O)cc4)cn3)CC2)cn1.Cl.Cl.Cl. The molecule has 5 rings (SSSR count). The van der Waals surface area contributed by atoms with Gasteiger partial charge in [-0.15, -0.1) is 37.2 Å². The van der Waals surface area contributed by atoms with Crippen molar-refractivity contribution in [3.05, 3.63) is 96.7 Å². The van der Waals surface area contributed by atoms with E-state index in [4.69, 9.17) is 4.74 Å². The number of likely N-dealkylation sites (tertiary alicyclic amines) is 1. The number of urea groups is 1. The Morgan fingerprint density at radius 3 is 2.13 bits per heavy atom. The number of rotatable bonds is 9. The van der Waals surface area contributed by atoms with Crippen molar-refractivity contribution in [3.8, 4) is 11.6 Å². The third-order valence-corrected chi connectivity index (χ3v) is 7.39. The lowest BCUT2D eigenvalue weighted by molar-refractivity contribution is 0.197. The standard InChI is InChI=1S/C30H33N7O4S.3ClH/c1-22-8-9-24(18-31-22)34-30(38)37(26-6-4-3-5-7-26)27-14-16-36(17-15-27)21-25-19-33-29(20-32-25)41-28-12-10-23(11-13-28)35-42(2,39)40;;;/h3-13,18-20,27,35H,14-17,21H2,1-2H3,(H,34,38);3*1H. The molecule has 0 bridgehead atoms. The fourth-order valence-corrected chi connectivity index (χ4v) is 5.34. The second-order valence-electron chi connectivity index (χ2n) is 10.2. The summed E-state index contributed by atoms with van der Waals surface area (Å²) in [6, 6.07) is 19.9. The molecule has 1 fully saturated rings. The summed E-state index contributed by atoms with van der Waals surface area (Å²) < 4.78 is 30.9. The van der Waals surface area contributed by atoms with Crippen LogP contribution in [0.25, 0.3) is 0 Å². The van der Waals surface area contributed by atoms with Crippen LogP contribution in [0.15, 0.2) is 85.3 Å². The zero-order valence-electron chi connectivity index (χ0n) is 24.7. The number of aromatic nitrogens is 3. The highest BCUT2D eigenvalue weighted by Crippen LogP contribution is 2.26. The van der Waals surface area contributed by atoms with Gasteiger partial charge in [0.05, 0.1) is 36.2 Å². The summed E-state index contributed by atoms with van der Waals surface area (Å²) in [6.07, 6.45) is 7.67. The topological polar surface area (TPSA) is 130 Å². The van der Waals surface area contributed by atoms with Crippen LogP contribution in [0.3, 0.4) is 0 Å². The molecule has 0 saturated carbocycles. The van der Waals surface area contributed by atoms with Crippen molar-refractivity contribution in [1.29, 1.82) is 0 Å². The first-order chi connectivity index (χ1) is 20.2. The number of anilines is 3. The number of aryl methyl sites for hydroxylation is 1. The Balaban J connectivity index is 0.00000235. The Labute approximate surface area is 282 Å². The Hall–Kier alpha value is -3.68. The lowest BCUT2D eigenvalue weighted by Crippen LogP contribution is -2.49. The molecule has 0 spiro atoms. The molecule has 1 saturated heterocycles. The maximum Gasteiger partial charge on any atom is 0.326 e. The average Bonchev–Trinajstić information content (AvgIpc) is 2.97. The Morgan fingerprint density at radius 1 is 0.889 bits per heavy atom. The lowest BCUT2D eigenvalue weighted by atomic mass is 10.0. The van der Waals surface area contributed by atoms with E-state index in [-0.39, 0.29) is 49.3 Å². The molecule has 15 heteroatoms. The van der Waals surface area contributed by atoms with Crippen molar-refractivity contribution < 1.29 is 17.9 Å². The largest absolute Gasteiger partial charge is 0.438 e. The molecule has 242 valence electrons. The summed E-state index contributed by atoms with van der Waals surface area (Å²) in [5, 5.41) is 3.00. The minimum absolute atomic E-state index is 0. The van der Waals surface area contributed by atoms with Crippen LogP contribution in [0, 0.1) is 6.92 Å². The van der Waals surface area contributed by atoms with Crippen LogP contribution in [0.2, 0.25) is 0 Å². The van der Waals surface area contributed by atoms with E-state index in [1.165, 1.54) is 0 Å². The van der Waals surface area contributed by atoms with Gasteiger partial charge >= 0.3 is 6.03 Å². The zero-order chi connectivity index (χ0) is 29.5. The van der Waals surface area contributed by atoms with Crippen LogP contribution < -0.4 is 19.7 Å². The van der Waals surface area contributed by atoms with E-state index in [1.54, 1.807) is 42.9 Å². The molecule has 2 amide bonds. The number of para-hydroxylation sites is 1. The molecule has 0 unspecified atom stereocenters. The Bertz CT molecular complexity index is 1590. The van der Waals surface area contributed by atoms with Crippen LogP contribution in [-0.4, -0.2) is 59.7 Å².